The molecule has 41 heavy (non-hydrogen) atoms. The molecule has 1 saturated carbocycles. The van der Waals surface area contributed by atoms with E-state index in [-0.39, 0.29) is 23.4 Å². The molecule has 0 saturated heterocycles. The van der Waals surface area contributed by atoms with E-state index < -0.39 is 28.5 Å². The van der Waals surface area contributed by atoms with Crippen molar-refractivity contribution in [1.82, 2.24) is 10.2 Å². The van der Waals surface area contributed by atoms with E-state index in [0.717, 1.165) is 47.5 Å². The van der Waals surface area contributed by atoms with Gasteiger partial charge in [-0.1, -0.05) is 66.7 Å². The first-order valence-electron chi connectivity index (χ1n) is 13.7. The lowest BCUT2D eigenvalue weighted by Gasteiger charge is -2.33. The van der Waals surface area contributed by atoms with E-state index in [2.05, 4.69) is 5.32 Å². The van der Waals surface area contributed by atoms with Crippen molar-refractivity contribution in [3.05, 3.63) is 94.0 Å². The number of carbonyl (C=O) groups excluding carboxylic acids is 2. The smallest absolute Gasteiger partial charge is 0.264 e. The highest BCUT2D eigenvalue weighted by Crippen LogP contribution is 2.27. The molecule has 4 rings (SSSR count). The van der Waals surface area contributed by atoms with E-state index >= 15 is 0 Å². The number of hydrogen-bond donors (Lipinski definition) is 1. The highest BCUT2D eigenvalue weighted by atomic mass is 35.5. The third-order valence-electron chi connectivity index (χ3n) is 7.33. The van der Waals surface area contributed by atoms with Gasteiger partial charge in [0, 0.05) is 22.6 Å². The SMILES string of the molecule is Cc1cccc(N(CC(=O)N(Cc2cccc(Cl)c2)[C@@H](C)C(=O)NC2CCCCC2)S(=O)(=O)c2ccc(Cl)cc2)c1. The molecule has 0 radical (unpaired) electrons. The molecule has 0 bridgehead atoms. The van der Waals surface area contributed by atoms with Gasteiger partial charge in [-0.25, -0.2) is 8.42 Å². The fourth-order valence-electron chi connectivity index (χ4n) is 5.03. The van der Waals surface area contributed by atoms with Crippen LogP contribution < -0.4 is 9.62 Å². The number of rotatable bonds is 10. The molecule has 0 unspecified atom stereocenters. The molecule has 1 aliphatic carbocycles. The van der Waals surface area contributed by atoms with Crippen LogP contribution in [0.15, 0.2) is 77.7 Å². The fourth-order valence-corrected chi connectivity index (χ4v) is 6.77. The lowest BCUT2D eigenvalue weighted by Crippen LogP contribution is -2.53. The van der Waals surface area contributed by atoms with Crippen molar-refractivity contribution in [2.24, 2.45) is 0 Å². The van der Waals surface area contributed by atoms with Crippen molar-refractivity contribution in [2.45, 2.75) is 69.5 Å². The molecule has 2 amide bonds. The Kier molecular flexibility index (Phi) is 10.3. The summed E-state index contributed by atoms with van der Waals surface area (Å²) in [6, 6.07) is 19.0. The first-order valence-corrected chi connectivity index (χ1v) is 15.9. The molecule has 3 aromatic carbocycles. The fraction of sp³-hybridized carbons (Fsp3) is 0.355. The number of carbonyl (C=O) groups is 2. The number of nitrogens with zero attached hydrogens (tertiary/aromatic N) is 2. The third kappa shape index (κ3) is 8.03. The van der Waals surface area contributed by atoms with Crippen LogP contribution in [0.5, 0.6) is 0 Å². The van der Waals surface area contributed by atoms with Crippen molar-refractivity contribution in [3.63, 3.8) is 0 Å². The molecule has 7 nitrogen and oxygen atoms in total. The van der Waals surface area contributed by atoms with Gasteiger partial charge in [0.2, 0.25) is 11.8 Å². The highest BCUT2D eigenvalue weighted by Gasteiger charge is 2.33. The zero-order chi connectivity index (χ0) is 29.6. The van der Waals surface area contributed by atoms with Gasteiger partial charge >= 0.3 is 0 Å². The van der Waals surface area contributed by atoms with Crippen molar-refractivity contribution < 1.29 is 18.0 Å². The maximum atomic E-state index is 14.1. The third-order valence-corrected chi connectivity index (χ3v) is 9.61. The molecule has 0 heterocycles. The van der Waals surface area contributed by atoms with E-state index in [1.165, 1.54) is 29.2 Å². The molecule has 1 N–H and O–H groups in total. The van der Waals surface area contributed by atoms with Crippen molar-refractivity contribution in [2.75, 3.05) is 10.8 Å². The van der Waals surface area contributed by atoms with E-state index in [9.17, 15) is 18.0 Å². The Balaban J connectivity index is 1.68. The molecule has 1 atom stereocenters. The summed E-state index contributed by atoms with van der Waals surface area (Å²) in [6.45, 7) is 3.10. The van der Waals surface area contributed by atoms with Gasteiger partial charge in [-0.05, 0) is 86.3 Å². The summed E-state index contributed by atoms with van der Waals surface area (Å²) in [5.41, 5.74) is 1.91. The van der Waals surface area contributed by atoms with Crippen molar-refractivity contribution >= 4 is 50.7 Å². The number of benzene rings is 3. The van der Waals surface area contributed by atoms with Crippen LogP contribution in [-0.2, 0) is 26.2 Å². The number of halogens is 2. The summed E-state index contributed by atoms with van der Waals surface area (Å²) < 4.78 is 28.9. The summed E-state index contributed by atoms with van der Waals surface area (Å²) in [4.78, 5) is 28.9. The molecule has 1 fully saturated rings. The van der Waals surface area contributed by atoms with Crippen molar-refractivity contribution in [1.29, 1.82) is 0 Å². The van der Waals surface area contributed by atoms with Gasteiger partial charge in [0.1, 0.15) is 12.6 Å². The quantitative estimate of drug-likeness (QED) is 0.287. The van der Waals surface area contributed by atoms with Crippen LogP contribution in [0.25, 0.3) is 0 Å². The second-order valence-corrected chi connectivity index (χ2v) is 13.2. The van der Waals surface area contributed by atoms with Gasteiger partial charge in [-0.2, -0.15) is 0 Å². The van der Waals surface area contributed by atoms with Crippen LogP contribution in [-0.4, -0.2) is 43.8 Å². The monoisotopic (exact) mass is 615 g/mol. The minimum Gasteiger partial charge on any atom is -0.352 e. The Hall–Kier alpha value is -3.07. The van der Waals surface area contributed by atoms with Gasteiger partial charge < -0.3 is 10.2 Å². The maximum Gasteiger partial charge on any atom is 0.264 e. The average molecular weight is 617 g/mol. The Morgan fingerprint density at radius 1 is 0.927 bits per heavy atom. The van der Waals surface area contributed by atoms with Crippen molar-refractivity contribution in [3.8, 4) is 0 Å². The van der Waals surface area contributed by atoms with Crippen LogP contribution in [0.4, 0.5) is 5.69 Å². The van der Waals surface area contributed by atoms with E-state index in [0.29, 0.717) is 15.7 Å². The number of nitrogens with one attached hydrogen (secondary N) is 1. The largest absolute Gasteiger partial charge is 0.352 e. The van der Waals surface area contributed by atoms with Gasteiger partial charge in [0.05, 0.1) is 10.6 Å². The highest BCUT2D eigenvalue weighted by molar-refractivity contribution is 7.92. The summed E-state index contributed by atoms with van der Waals surface area (Å²) in [5, 5.41) is 4.00. The van der Waals surface area contributed by atoms with Gasteiger partial charge in [0.15, 0.2) is 0 Å². The van der Waals surface area contributed by atoms with E-state index in [4.69, 9.17) is 23.2 Å². The topological polar surface area (TPSA) is 86.8 Å². The normalized spacial score (nSPS) is 14.7. The molecule has 1 aliphatic rings. The lowest BCUT2D eigenvalue weighted by molar-refractivity contribution is -0.139. The van der Waals surface area contributed by atoms with E-state index in [1.54, 1.807) is 43.3 Å². The second kappa shape index (κ2) is 13.7. The predicted molar refractivity (Wildman–Crippen MR) is 164 cm³/mol. The average Bonchev–Trinajstić information content (AvgIpc) is 2.95. The number of anilines is 1. The Morgan fingerprint density at radius 3 is 2.27 bits per heavy atom. The van der Waals surface area contributed by atoms with Crippen LogP contribution in [0.3, 0.4) is 0 Å². The second-order valence-electron chi connectivity index (χ2n) is 10.5. The van der Waals surface area contributed by atoms with Crippen LogP contribution in [0.2, 0.25) is 10.0 Å². The lowest BCUT2D eigenvalue weighted by atomic mass is 9.95. The van der Waals surface area contributed by atoms with Crippen LogP contribution in [0.1, 0.15) is 50.2 Å². The van der Waals surface area contributed by atoms with Gasteiger partial charge in [-0.3, -0.25) is 13.9 Å². The first-order chi connectivity index (χ1) is 19.5. The molecular weight excluding hydrogens is 581 g/mol. The molecule has 0 aliphatic heterocycles. The number of aryl methyl sites for hydroxylation is 1. The standard InChI is InChI=1S/C31H35Cl2N3O4S/c1-22-8-6-13-28(18-22)36(41(39,40)29-16-14-25(32)15-17-29)21-30(37)35(20-24-9-7-10-26(33)19-24)23(2)31(38)34-27-11-4-3-5-12-27/h6-10,13-19,23,27H,3-5,11-12,20-21H2,1-2H3,(H,34,38)/t23-/m0/s1. The molecule has 0 aromatic heterocycles. The Labute approximate surface area is 252 Å². The first kappa shape index (κ1) is 30.9. The summed E-state index contributed by atoms with van der Waals surface area (Å²) in [7, 11) is -4.16. The number of amides is 2. The zero-order valence-corrected chi connectivity index (χ0v) is 25.6. The summed E-state index contributed by atoms with van der Waals surface area (Å²) >= 11 is 12.2. The summed E-state index contributed by atoms with van der Waals surface area (Å²) in [5.74, 6) is -0.787. The molecule has 218 valence electrons. The maximum absolute atomic E-state index is 14.1. The number of sulfonamides is 1. The van der Waals surface area contributed by atoms with E-state index in [1.807, 2.05) is 19.1 Å². The summed E-state index contributed by atoms with van der Waals surface area (Å²) in [6.07, 6.45) is 5.07. The molecule has 10 heteroatoms. The minimum atomic E-state index is -4.16. The Morgan fingerprint density at radius 2 is 1.61 bits per heavy atom. The molecule has 3 aromatic rings. The Bertz CT molecular complexity index is 1470. The molecular formula is C31H35Cl2N3O4S. The minimum absolute atomic E-state index is 0.000636. The van der Waals surface area contributed by atoms with Gasteiger partial charge in [-0.15, -0.1) is 0 Å². The van der Waals surface area contributed by atoms with Crippen LogP contribution >= 0.6 is 23.2 Å². The zero-order valence-electron chi connectivity index (χ0n) is 23.2. The number of hydrogen-bond acceptors (Lipinski definition) is 4. The van der Waals surface area contributed by atoms with Crippen LogP contribution in [0, 0.1) is 6.92 Å². The van der Waals surface area contributed by atoms with Gasteiger partial charge in [0.25, 0.3) is 10.0 Å². The molecule has 0 spiro atoms. The predicted octanol–water partition coefficient (Wildman–Crippen LogP) is 6.36.